The number of nitriles is 1. The third-order valence-corrected chi connectivity index (χ3v) is 9.29. The van der Waals surface area contributed by atoms with E-state index in [9.17, 15) is 9.59 Å². The van der Waals surface area contributed by atoms with Gasteiger partial charge in [-0.25, -0.2) is 4.79 Å². The molecule has 2 aromatic carbocycles. The van der Waals surface area contributed by atoms with Gasteiger partial charge in [0.2, 0.25) is 0 Å². The lowest BCUT2D eigenvalue weighted by Gasteiger charge is -2.38. The van der Waals surface area contributed by atoms with Gasteiger partial charge in [-0.05, 0) is 109 Å². The largest absolute Gasteiger partial charge is 0.490 e. The van der Waals surface area contributed by atoms with E-state index in [1.807, 2.05) is 37.8 Å². The first-order valence-electron chi connectivity index (χ1n) is 16.3. The van der Waals surface area contributed by atoms with Gasteiger partial charge in [0.25, 0.3) is 5.91 Å². The maximum atomic E-state index is 13.0. The number of nitrogens with one attached hydrogen (secondary N) is 2. The molecule has 0 spiro atoms. The summed E-state index contributed by atoms with van der Waals surface area (Å²) in [6, 6.07) is 16.2. The van der Waals surface area contributed by atoms with Crippen LogP contribution in [0.15, 0.2) is 42.5 Å². The van der Waals surface area contributed by atoms with Gasteiger partial charge in [-0.2, -0.15) is 5.26 Å². The van der Waals surface area contributed by atoms with E-state index >= 15 is 0 Å². The highest BCUT2D eigenvalue weighted by atomic mass is 35.5. The van der Waals surface area contributed by atoms with Crippen molar-refractivity contribution in [3.8, 4) is 11.8 Å². The number of hydrogen-bond donors (Lipinski definition) is 2. The van der Waals surface area contributed by atoms with Crippen molar-refractivity contribution in [3.05, 3.63) is 58.6 Å². The molecule has 5 rings (SSSR count). The standard InChI is InChI=1S/C35H46ClN5O4/c1-35(2,3)45-34(43)41-20-16-28(17-21-41)38-27-14-18-40(19-15-27)29-9-4-24(5-10-29)33(42)39-26-7-12-30(13-8-26)44-31-11-6-25(23-37)32(36)22-31/h4-6,9-11,22,26-28,30,38H,7-8,12-21H2,1-3H3,(H,39,42)/t26-,30-. The molecule has 1 aliphatic carbocycles. The molecular weight excluding hydrogens is 590 g/mol. The number of carbonyl (C=O) groups excluding carboxylic acids is 2. The third kappa shape index (κ3) is 9.27. The number of amides is 2. The number of halogens is 1. The first-order valence-corrected chi connectivity index (χ1v) is 16.7. The van der Waals surface area contributed by atoms with Crippen molar-refractivity contribution >= 4 is 29.3 Å². The summed E-state index contributed by atoms with van der Waals surface area (Å²) in [5.41, 5.74) is 1.80. The molecule has 45 heavy (non-hydrogen) atoms. The molecule has 1 saturated carbocycles. The van der Waals surface area contributed by atoms with E-state index in [0.29, 0.717) is 34.0 Å². The molecule has 0 unspecified atom stereocenters. The summed E-state index contributed by atoms with van der Waals surface area (Å²) in [5, 5.41) is 16.5. The number of piperidine rings is 2. The molecule has 2 amide bonds. The minimum Gasteiger partial charge on any atom is -0.490 e. The third-order valence-electron chi connectivity index (χ3n) is 8.98. The molecule has 3 aliphatic rings. The Bertz CT molecular complexity index is 1350. The first kappa shape index (κ1) is 32.9. The second-order valence-corrected chi connectivity index (χ2v) is 13.9. The fourth-order valence-electron chi connectivity index (χ4n) is 6.46. The molecular formula is C35H46ClN5O4. The lowest BCUT2D eigenvalue weighted by Crippen LogP contribution is -2.51. The predicted octanol–water partition coefficient (Wildman–Crippen LogP) is 6.29. The van der Waals surface area contributed by atoms with Crippen LogP contribution in [0.3, 0.4) is 0 Å². The van der Waals surface area contributed by atoms with Crippen LogP contribution >= 0.6 is 11.6 Å². The second-order valence-electron chi connectivity index (χ2n) is 13.5. The molecule has 2 aliphatic heterocycles. The van der Waals surface area contributed by atoms with Crippen LogP contribution in [0.5, 0.6) is 5.75 Å². The first-order chi connectivity index (χ1) is 21.6. The highest BCUT2D eigenvalue weighted by Crippen LogP contribution is 2.28. The van der Waals surface area contributed by atoms with Crippen molar-refractivity contribution in [2.75, 3.05) is 31.1 Å². The van der Waals surface area contributed by atoms with E-state index in [4.69, 9.17) is 26.3 Å². The number of benzene rings is 2. The summed E-state index contributed by atoms with van der Waals surface area (Å²) in [7, 11) is 0. The average Bonchev–Trinajstić information content (AvgIpc) is 3.02. The maximum Gasteiger partial charge on any atom is 0.410 e. The maximum absolute atomic E-state index is 13.0. The van der Waals surface area contributed by atoms with Crippen LogP contribution < -0.4 is 20.3 Å². The Morgan fingerprint density at radius 2 is 1.49 bits per heavy atom. The molecule has 2 saturated heterocycles. The van der Waals surface area contributed by atoms with E-state index in [0.717, 1.165) is 83.2 Å². The van der Waals surface area contributed by atoms with Gasteiger partial charge in [0.15, 0.2) is 0 Å². The summed E-state index contributed by atoms with van der Waals surface area (Å²) < 4.78 is 11.6. The zero-order valence-corrected chi connectivity index (χ0v) is 27.4. The molecule has 10 heteroatoms. The van der Waals surface area contributed by atoms with Gasteiger partial charge in [0.1, 0.15) is 17.4 Å². The molecule has 0 radical (unpaired) electrons. The predicted molar refractivity (Wildman–Crippen MR) is 176 cm³/mol. The van der Waals surface area contributed by atoms with Crippen LogP contribution in [0.1, 0.15) is 88.1 Å². The Kier molecular flexibility index (Phi) is 10.8. The molecule has 0 bridgehead atoms. The minimum absolute atomic E-state index is 0.0367. The van der Waals surface area contributed by atoms with E-state index in [1.54, 1.807) is 18.2 Å². The van der Waals surface area contributed by atoms with Crippen molar-refractivity contribution in [2.24, 2.45) is 0 Å². The van der Waals surface area contributed by atoms with E-state index in [-0.39, 0.29) is 24.1 Å². The van der Waals surface area contributed by atoms with Crippen LogP contribution in [0, 0.1) is 11.3 Å². The van der Waals surface area contributed by atoms with Crippen molar-refractivity contribution in [1.29, 1.82) is 5.26 Å². The lowest BCUT2D eigenvalue weighted by molar-refractivity contribution is 0.0195. The fraction of sp³-hybridized carbons (Fsp3) is 0.571. The quantitative estimate of drug-likeness (QED) is 0.368. The summed E-state index contributed by atoms with van der Waals surface area (Å²) in [6.45, 7) is 9.12. The Morgan fingerprint density at radius 3 is 2.07 bits per heavy atom. The number of hydrogen-bond acceptors (Lipinski definition) is 7. The highest BCUT2D eigenvalue weighted by Gasteiger charge is 2.29. The zero-order valence-electron chi connectivity index (χ0n) is 26.7. The smallest absolute Gasteiger partial charge is 0.410 e. The van der Waals surface area contributed by atoms with Crippen molar-refractivity contribution in [2.45, 2.75) is 102 Å². The molecule has 2 heterocycles. The Morgan fingerprint density at radius 1 is 0.867 bits per heavy atom. The van der Waals surface area contributed by atoms with E-state index in [1.165, 1.54) is 0 Å². The Labute approximate surface area is 272 Å². The van der Waals surface area contributed by atoms with Gasteiger partial charge in [-0.1, -0.05) is 11.6 Å². The lowest BCUT2D eigenvalue weighted by atomic mass is 9.92. The van der Waals surface area contributed by atoms with Gasteiger partial charge in [-0.15, -0.1) is 0 Å². The van der Waals surface area contributed by atoms with Gasteiger partial charge in [0.05, 0.1) is 16.7 Å². The number of likely N-dealkylation sites (tertiary alicyclic amines) is 1. The minimum atomic E-state index is -0.463. The molecule has 242 valence electrons. The Balaban J connectivity index is 0.999. The van der Waals surface area contributed by atoms with Crippen molar-refractivity contribution < 1.29 is 19.1 Å². The number of ether oxygens (including phenoxy) is 2. The topological polar surface area (TPSA) is 107 Å². The Hall–Kier alpha value is -3.48. The summed E-state index contributed by atoms with van der Waals surface area (Å²) >= 11 is 6.13. The summed E-state index contributed by atoms with van der Waals surface area (Å²) in [4.78, 5) is 29.6. The SMILES string of the molecule is CC(C)(C)OC(=O)N1CCC(NC2CCN(c3ccc(C(=O)N[C@H]4CC[C@H](Oc5ccc(C#N)c(Cl)c5)CC4)cc3)CC2)CC1. The monoisotopic (exact) mass is 635 g/mol. The highest BCUT2D eigenvalue weighted by molar-refractivity contribution is 6.31. The second kappa shape index (κ2) is 14.7. The van der Waals surface area contributed by atoms with E-state index in [2.05, 4.69) is 33.7 Å². The molecule has 9 nitrogen and oxygen atoms in total. The summed E-state index contributed by atoms with van der Waals surface area (Å²) in [6.07, 6.45) is 7.29. The van der Waals surface area contributed by atoms with Crippen LogP contribution in [-0.4, -0.2) is 72.9 Å². The molecule has 2 N–H and O–H groups in total. The van der Waals surface area contributed by atoms with Crippen LogP contribution in [-0.2, 0) is 4.74 Å². The van der Waals surface area contributed by atoms with E-state index < -0.39 is 5.60 Å². The number of rotatable bonds is 7. The van der Waals surface area contributed by atoms with Gasteiger partial charge in [0, 0.05) is 61.6 Å². The molecule has 0 atom stereocenters. The van der Waals surface area contributed by atoms with Crippen LogP contribution in [0.25, 0.3) is 0 Å². The number of nitrogens with zero attached hydrogens (tertiary/aromatic N) is 3. The zero-order chi connectivity index (χ0) is 32.0. The van der Waals surface area contributed by atoms with Crippen molar-refractivity contribution in [1.82, 2.24) is 15.5 Å². The number of anilines is 1. The van der Waals surface area contributed by atoms with Gasteiger partial charge < -0.3 is 29.9 Å². The van der Waals surface area contributed by atoms with Gasteiger partial charge >= 0.3 is 6.09 Å². The van der Waals surface area contributed by atoms with Gasteiger partial charge in [-0.3, -0.25) is 4.79 Å². The molecule has 3 fully saturated rings. The molecule has 0 aromatic heterocycles. The molecule has 2 aromatic rings. The average molecular weight is 636 g/mol. The van der Waals surface area contributed by atoms with Crippen LogP contribution in [0.2, 0.25) is 5.02 Å². The summed E-state index contributed by atoms with van der Waals surface area (Å²) in [5.74, 6) is 0.634. The number of carbonyl (C=O) groups is 2. The normalized spacial score (nSPS) is 21.6. The van der Waals surface area contributed by atoms with Crippen LogP contribution in [0.4, 0.5) is 10.5 Å². The van der Waals surface area contributed by atoms with Crippen molar-refractivity contribution in [3.63, 3.8) is 0 Å². The fourth-order valence-corrected chi connectivity index (χ4v) is 6.68.